The quantitative estimate of drug-likeness (QED) is 0.852. The van der Waals surface area contributed by atoms with E-state index in [0.717, 1.165) is 5.56 Å². The van der Waals surface area contributed by atoms with Crippen LogP contribution >= 0.6 is 0 Å². The van der Waals surface area contributed by atoms with Crippen LogP contribution in [0.5, 0.6) is 0 Å². The van der Waals surface area contributed by atoms with Crippen molar-refractivity contribution in [3.05, 3.63) is 35.6 Å². The fourth-order valence-electron chi connectivity index (χ4n) is 2.00. The highest BCUT2D eigenvalue weighted by molar-refractivity contribution is 5.75. The molecule has 0 saturated heterocycles. The van der Waals surface area contributed by atoms with Gasteiger partial charge in [0, 0.05) is 6.04 Å². The van der Waals surface area contributed by atoms with E-state index in [0.29, 0.717) is 0 Å². The van der Waals surface area contributed by atoms with Crippen LogP contribution in [0.2, 0.25) is 0 Å². The molecule has 0 radical (unpaired) electrons. The number of halogens is 1. The molecule has 0 saturated carbocycles. The van der Waals surface area contributed by atoms with Crippen molar-refractivity contribution >= 4 is 5.97 Å². The number of hydrogen-bond donors (Lipinski definition) is 1. The zero-order chi connectivity index (χ0) is 14.6. The molecule has 106 valence electrons. The summed E-state index contributed by atoms with van der Waals surface area (Å²) in [6.07, 6.45) is 0. The second-order valence-corrected chi connectivity index (χ2v) is 5.76. The van der Waals surface area contributed by atoms with Crippen LogP contribution in [0, 0.1) is 11.2 Å². The fourth-order valence-corrected chi connectivity index (χ4v) is 2.00. The number of carbonyl (C=O) groups is 1. The number of esters is 1. The minimum atomic E-state index is -0.417. The number of carbonyl (C=O) groups excluding carboxylic acids is 1. The molecule has 0 spiro atoms. The Labute approximate surface area is 114 Å². The number of ether oxygens (including phenoxy) is 1. The van der Waals surface area contributed by atoms with E-state index in [-0.39, 0.29) is 23.2 Å². The van der Waals surface area contributed by atoms with E-state index in [4.69, 9.17) is 4.74 Å². The largest absolute Gasteiger partial charge is 0.468 e. The number of nitrogens with one attached hydrogen (secondary N) is 1. The summed E-state index contributed by atoms with van der Waals surface area (Å²) in [5.41, 5.74) is 0.838. The number of benzene rings is 1. The third-order valence-electron chi connectivity index (χ3n) is 3.04. The van der Waals surface area contributed by atoms with Crippen molar-refractivity contribution in [3.8, 4) is 0 Å². The highest BCUT2D eigenvalue weighted by atomic mass is 19.1. The summed E-state index contributed by atoms with van der Waals surface area (Å²) in [6.45, 7) is 7.96. The van der Waals surface area contributed by atoms with Crippen molar-refractivity contribution < 1.29 is 13.9 Å². The van der Waals surface area contributed by atoms with E-state index in [2.05, 4.69) is 26.1 Å². The SMILES string of the molecule is COC(=O)C(C)NC(c1ccc(F)cc1)C(C)(C)C. The molecule has 1 aromatic rings. The molecule has 0 aliphatic carbocycles. The van der Waals surface area contributed by atoms with Gasteiger partial charge in [0.05, 0.1) is 7.11 Å². The van der Waals surface area contributed by atoms with Crippen LogP contribution in [0.15, 0.2) is 24.3 Å². The molecule has 0 aromatic heterocycles. The van der Waals surface area contributed by atoms with E-state index in [9.17, 15) is 9.18 Å². The second-order valence-electron chi connectivity index (χ2n) is 5.76. The zero-order valence-corrected chi connectivity index (χ0v) is 12.2. The molecule has 0 bridgehead atoms. The van der Waals surface area contributed by atoms with Gasteiger partial charge >= 0.3 is 5.97 Å². The highest BCUT2D eigenvalue weighted by Crippen LogP contribution is 2.33. The highest BCUT2D eigenvalue weighted by Gasteiger charge is 2.29. The average molecular weight is 267 g/mol. The fraction of sp³-hybridized carbons (Fsp3) is 0.533. The van der Waals surface area contributed by atoms with E-state index in [1.165, 1.54) is 19.2 Å². The van der Waals surface area contributed by atoms with E-state index in [1.807, 2.05) is 0 Å². The summed E-state index contributed by atoms with van der Waals surface area (Å²) in [5.74, 6) is -0.575. The Morgan fingerprint density at radius 3 is 2.21 bits per heavy atom. The molecule has 0 aliphatic rings. The molecule has 1 aromatic carbocycles. The lowest BCUT2D eigenvalue weighted by molar-refractivity contribution is -0.143. The minimum Gasteiger partial charge on any atom is -0.468 e. The first-order chi connectivity index (χ1) is 8.75. The van der Waals surface area contributed by atoms with Crippen LogP contribution in [0.3, 0.4) is 0 Å². The van der Waals surface area contributed by atoms with Crippen molar-refractivity contribution in [3.63, 3.8) is 0 Å². The molecule has 2 atom stereocenters. The molecule has 1 rings (SSSR count). The molecule has 0 aliphatic heterocycles. The minimum absolute atomic E-state index is 0.0674. The van der Waals surface area contributed by atoms with Gasteiger partial charge in [0.25, 0.3) is 0 Å². The first-order valence-corrected chi connectivity index (χ1v) is 6.35. The summed E-state index contributed by atoms with van der Waals surface area (Å²) in [5, 5.41) is 3.25. The third kappa shape index (κ3) is 4.31. The van der Waals surface area contributed by atoms with Gasteiger partial charge in [-0.25, -0.2) is 4.39 Å². The average Bonchev–Trinajstić information content (AvgIpc) is 2.34. The lowest BCUT2D eigenvalue weighted by Gasteiger charge is -2.33. The standard InChI is InChI=1S/C15H22FNO2/c1-10(14(18)19-5)17-13(15(2,3)4)11-6-8-12(16)9-7-11/h6-10,13,17H,1-5H3. The predicted octanol–water partition coefficient (Wildman–Crippen LogP) is 3.06. The lowest BCUT2D eigenvalue weighted by Crippen LogP contribution is -2.42. The van der Waals surface area contributed by atoms with Gasteiger partial charge in [0.15, 0.2) is 0 Å². The maximum Gasteiger partial charge on any atom is 0.322 e. The molecule has 4 heteroatoms. The summed E-state index contributed by atoms with van der Waals surface area (Å²) in [4.78, 5) is 11.5. The Morgan fingerprint density at radius 2 is 1.79 bits per heavy atom. The first kappa shape index (κ1) is 15.6. The molecule has 0 heterocycles. The second kappa shape index (κ2) is 6.15. The Kier molecular flexibility index (Phi) is 5.06. The molecule has 1 N–H and O–H groups in total. The number of methoxy groups -OCH3 is 1. The Morgan fingerprint density at radius 1 is 1.26 bits per heavy atom. The molecule has 2 unspecified atom stereocenters. The lowest BCUT2D eigenvalue weighted by atomic mass is 9.82. The van der Waals surface area contributed by atoms with Gasteiger partial charge in [-0.05, 0) is 30.0 Å². The maximum absolute atomic E-state index is 13.0. The van der Waals surface area contributed by atoms with Crippen molar-refractivity contribution in [2.45, 2.75) is 39.8 Å². The molecule has 0 fully saturated rings. The Hall–Kier alpha value is -1.42. The number of hydrogen-bond acceptors (Lipinski definition) is 3. The smallest absolute Gasteiger partial charge is 0.322 e. The van der Waals surface area contributed by atoms with Crippen LogP contribution < -0.4 is 5.32 Å². The van der Waals surface area contributed by atoms with Crippen molar-refractivity contribution in [2.24, 2.45) is 5.41 Å². The molecular weight excluding hydrogens is 245 g/mol. The topological polar surface area (TPSA) is 38.3 Å². The maximum atomic E-state index is 13.0. The first-order valence-electron chi connectivity index (χ1n) is 6.35. The van der Waals surface area contributed by atoms with Crippen LogP contribution in [-0.4, -0.2) is 19.1 Å². The van der Waals surface area contributed by atoms with Gasteiger partial charge in [0.2, 0.25) is 0 Å². The molecule has 19 heavy (non-hydrogen) atoms. The summed E-state index contributed by atoms with van der Waals surface area (Å²) < 4.78 is 17.7. The van der Waals surface area contributed by atoms with Gasteiger partial charge in [-0.1, -0.05) is 32.9 Å². The monoisotopic (exact) mass is 267 g/mol. The normalized spacial score (nSPS) is 14.8. The molecular formula is C15H22FNO2. The van der Waals surface area contributed by atoms with Gasteiger partial charge in [-0.2, -0.15) is 0 Å². The summed E-state index contributed by atoms with van der Waals surface area (Å²) >= 11 is 0. The summed E-state index contributed by atoms with van der Waals surface area (Å²) in [7, 11) is 1.37. The Bertz CT molecular complexity index is 423. The number of rotatable bonds is 4. The summed E-state index contributed by atoms with van der Waals surface area (Å²) in [6, 6.07) is 5.85. The van der Waals surface area contributed by atoms with Crippen molar-refractivity contribution in [1.82, 2.24) is 5.32 Å². The van der Waals surface area contributed by atoms with E-state index in [1.54, 1.807) is 19.1 Å². The van der Waals surface area contributed by atoms with Crippen molar-refractivity contribution in [1.29, 1.82) is 0 Å². The molecule has 3 nitrogen and oxygen atoms in total. The van der Waals surface area contributed by atoms with Crippen LogP contribution in [0.25, 0.3) is 0 Å². The molecule has 0 amide bonds. The van der Waals surface area contributed by atoms with Crippen LogP contribution in [-0.2, 0) is 9.53 Å². The van der Waals surface area contributed by atoms with Gasteiger partial charge in [0.1, 0.15) is 11.9 Å². The van der Waals surface area contributed by atoms with Crippen molar-refractivity contribution in [2.75, 3.05) is 7.11 Å². The zero-order valence-electron chi connectivity index (χ0n) is 12.2. The van der Waals surface area contributed by atoms with E-state index >= 15 is 0 Å². The van der Waals surface area contributed by atoms with Gasteiger partial charge < -0.3 is 4.74 Å². The van der Waals surface area contributed by atoms with E-state index < -0.39 is 6.04 Å². The van der Waals surface area contributed by atoms with Gasteiger partial charge in [-0.3, -0.25) is 10.1 Å². The predicted molar refractivity (Wildman–Crippen MR) is 73.2 cm³/mol. The van der Waals surface area contributed by atoms with Gasteiger partial charge in [-0.15, -0.1) is 0 Å². The van der Waals surface area contributed by atoms with Crippen LogP contribution in [0.1, 0.15) is 39.3 Å². The van der Waals surface area contributed by atoms with Crippen LogP contribution in [0.4, 0.5) is 4.39 Å². The Balaban J connectivity index is 2.96. The third-order valence-corrected chi connectivity index (χ3v) is 3.04.